The Bertz CT molecular complexity index is 353. The van der Waals surface area contributed by atoms with Crippen LogP contribution in [0.25, 0.3) is 0 Å². The van der Waals surface area contributed by atoms with Crippen LogP contribution < -0.4 is 5.32 Å². The number of halogens is 2. The zero-order chi connectivity index (χ0) is 12.2. The van der Waals surface area contributed by atoms with Gasteiger partial charge >= 0.3 is 0 Å². The van der Waals surface area contributed by atoms with Crippen molar-refractivity contribution in [1.29, 1.82) is 0 Å². The Balaban J connectivity index is 2.64. The largest absolute Gasteiger partial charge is 0.388 e. The molecule has 0 unspecified atom stereocenters. The topological polar surface area (TPSA) is 32.3 Å². The summed E-state index contributed by atoms with van der Waals surface area (Å²) in [5.74, 6) is 0. The van der Waals surface area contributed by atoms with Crippen LogP contribution in [0.1, 0.15) is 26.7 Å². The first-order chi connectivity index (χ1) is 7.50. The van der Waals surface area contributed by atoms with E-state index >= 15 is 0 Å². The minimum absolute atomic E-state index is 0.540. The molecule has 0 radical (unpaired) electrons. The lowest BCUT2D eigenvalue weighted by Crippen LogP contribution is -2.35. The number of nitrogens with one attached hydrogen (secondary N) is 1. The molecule has 0 fully saturated rings. The Labute approximate surface area is 110 Å². The van der Waals surface area contributed by atoms with Crippen molar-refractivity contribution in [3.8, 4) is 0 Å². The molecule has 4 heteroatoms. The number of hydrogen-bond donors (Lipinski definition) is 2. The SMILES string of the molecule is CCC(O)(CC)CNc1ccc(Br)c(Cl)c1. The molecule has 0 bridgehead atoms. The third kappa shape index (κ3) is 3.65. The molecule has 0 heterocycles. The highest BCUT2D eigenvalue weighted by molar-refractivity contribution is 9.10. The maximum atomic E-state index is 10.1. The lowest BCUT2D eigenvalue weighted by Gasteiger charge is -2.26. The van der Waals surface area contributed by atoms with Crippen molar-refractivity contribution in [1.82, 2.24) is 0 Å². The van der Waals surface area contributed by atoms with Gasteiger partial charge in [0.25, 0.3) is 0 Å². The third-order valence-corrected chi connectivity index (χ3v) is 4.09. The zero-order valence-corrected chi connectivity index (χ0v) is 11.9. The van der Waals surface area contributed by atoms with Gasteiger partial charge in [-0.3, -0.25) is 0 Å². The van der Waals surface area contributed by atoms with E-state index < -0.39 is 5.60 Å². The summed E-state index contributed by atoms with van der Waals surface area (Å²) in [4.78, 5) is 0. The summed E-state index contributed by atoms with van der Waals surface area (Å²) in [6.07, 6.45) is 1.47. The van der Waals surface area contributed by atoms with Crippen LogP contribution in [-0.4, -0.2) is 17.3 Å². The van der Waals surface area contributed by atoms with E-state index in [1.165, 1.54) is 0 Å². The molecular formula is C12H17BrClNO. The van der Waals surface area contributed by atoms with Crippen LogP contribution in [0.3, 0.4) is 0 Å². The van der Waals surface area contributed by atoms with E-state index in [0.717, 1.165) is 23.0 Å². The molecule has 0 aliphatic carbocycles. The molecule has 0 aliphatic rings. The number of aliphatic hydroxyl groups is 1. The van der Waals surface area contributed by atoms with Gasteiger partial charge in [0.05, 0.1) is 10.6 Å². The normalized spacial score (nSPS) is 11.6. The first kappa shape index (κ1) is 13.8. The van der Waals surface area contributed by atoms with E-state index in [2.05, 4.69) is 21.2 Å². The Morgan fingerprint density at radius 1 is 1.38 bits per heavy atom. The van der Waals surface area contributed by atoms with E-state index in [-0.39, 0.29) is 0 Å². The summed E-state index contributed by atoms with van der Waals surface area (Å²) < 4.78 is 0.876. The lowest BCUT2D eigenvalue weighted by molar-refractivity contribution is 0.0457. The third-order valence-electron chi connectivity index (χ3n) is 2.86. The predicted molar refractivity (Wildman–Crippen MR) is 73.2 cm³/mol. The fourth-order valence-corrected chi connectivity index (χ4v) is 1.80. The molecule has 16 heavy (non-hydrogen) atoms. The summed E-state index contributed by atoms with van der Waals surface area (Å²) in [6, 6.07) is 5.67. The van der Waals surface area contributed by atoms with Crippen molar-refractivity contribution in [3.63, 3.8) is 0 Å². The number of benzene rings is 1. The van der Waals surface area contributed by atoms with Gasteiger partial charge < -0.3 is 10.4 Å². The predicted octanol–water partition coefficient (Wildman–Crippen LogP) is 4.07. The van der Waals surface area contributed by atoms with Crippen LogP contribution in [0.4, 0.5) is 5.69 Å². The van der Waals surface area contributed by atoms with Gasteiger partial charge in [0.1, 0.15) is 0 Å². The number of rotatable bonds is 5. The van der Waals surface area contributed by atoms with E-state index in [9.17, 15) is 5.11 Å². The Morgan fingerprint density at radius 2 is 2.00 bits per heavy atom. The molecule has 0 saturated heterocycles. The van der Waals surface area contributed by atoms with Crippen molar-refractivity contribution >= 4 is 33.2 Å². The molecule has 1 aromatic carbocycles. The molecule has 0 aliphatic heterocycles. The molecule has 0 amide bonds. The van der Waals surface area contributed by atoms with Gasteiger partial charge in [-0.05, 0) is 47.0 Å². The smallest absolute Gasteiger partial charge is 0.0814 e. The molecule has 2 nitrogen and oxygen atoms in total. The molecule has 0 atom stereocenters. The summed E-state index contributed by atoms with van der Waals surface area (Å²) in [5.41, 5.74) is 0.285. The maximum Gasteiger partial charge on any atom is 0.0814 e. The Hall–Kier alpha value is -0.250. The second-order valence-corrected chi connectivity index (χ2v) is 5.18. The van der Waals surface area contributed by atoms with Gasteiger partial charge in [0, 0.05) is 16.7 Å². The van der Waals surface area contributed by atoms with E-state index in [1.807, 2.05) is 32.0 Å². The minimum Gasteiger partial charge on any atom is -0.388 e. The number of anilines is 1. The van der Waals surface area contributed by atoms with Gasteiger partial charge in [-0.15, -0.1) is 0 Å². The average molecular weight is 307 g/mol. The molecule has 90 valence electrons. The van der Waals surface area contributed by atoms with Gasteiger partial charge in [-0.25, -0.2) is 0 Å². The summed E-state index contributed by atoms with van der Waals surface area (Å²) in [5, 5.41) is 14.0. The fraction of sp³-hybridized carbons (Fsp3) is 0.500. The molecule has 2 N–H and O–H groups in total. The van der Waals surface area contributed by atoms with Crippen molar-refractivity contribution < 1.29 is 5.11 Å². The highest BCUT2D eigenvalue weighted by Crippen LogP contribution is 2.26. The maximum absolute atomic E-state index is 10.1. The molecule has 1 aromatic rings. The van der Waals surface area contributed by atoms with Gasteiger partial charge in [-0.2, -0.15) is 0 Å². The van der Waals surface area contributed by atoms with E-state index in [4.69, 9.17) is 11.6 Å². The van der Waals surface area contributed by atoms with Crippen molar-refractivity contribution in [2.75, 3.05) is 11.9 Å². The van der Waals surface area contributed by atoms with Crippen molar-refractivity contribution in [2.24, 2.45) is 0 Å². The van der Waals surface area contributed by atoms with Crippen molar-refractivity contribution in [3.05, 3.63) is 27.7 Å². The highest BCUT2D eigenvalue weighted by atomic mass is 79.9. The van der Waals surface area contributed by atoms with E-state index in [0.29, 0.717) is 11.6 Å². The van der Waals surface area contributed by atoms with Crippen LogP contribution in [0.15, 0.2) is 22.7 Å². The summed E-state index contributed by atoms with van der Waals surface area (Å²) >= 11 is 9.32. The lowest BCUT2D eigenvalue weighted by atomic mass is 9.97. The fourth-order valence-electron chi connectivity index (χ4n) is 1.37. The monoisotopic (exact) mass is 305 g/mol. The van der Waals surface area contributed by atoms with Gasteiger partial charge in [0.2, 0.25) is 0 Å². The second-order valence-electron chi connectivity index (χ2n) is 3.91. The zero-order valence-electron chi connectivity index (χ0n) is 9.56. The van der Waals surface area contributed by atoms with Gasteiger partial charge in [0.15, 0.2) is 0 Å². The summed E-state index contributed by atoms with van der Waals surface area (Å²) in [6.45, 7) is 4.51. The first-order valence-corrected chi connectivity index (χ1v) is 6.59. The average Bonchev–Trinajstić information content (AvgIpc) is 2.30. The van der Waals surface area contributed by atoms with Crippen LogP contribution in [0.2, 0.25) is 5.02 Å². The molecule has 0 saturated carbocycles. The van der Waals surface area contributed by atoms with E-state index in [1.54, 1.807) is 0 Å². The summed E-state index contributed by atoms with van der Waals surface area (Å²) in [7, 11) is 0. The highest BCUT2D eigenvalue weighted by Gasteiger charge is 2.21. The van der Waals surface area contributed by atoms with Crippen LogP contribution in [0, 0.1) is 0 Å². The van der Waals surface area contributed by atoms with Gasteiger partial charge in [-0.1, -0.05) is 25.4 Å². The first-order valence-electron chi connectivity index (χ1n) is 5.42. The van der Waals surface area contributed by atoms with Crippen LogP contribution >= 0.6 is 27.5 Å². The van der Waals surface area contributed by atoms with Crippen molar-refractivity contribution in [2.45, 2.75) is 32.3 Å². The second kappa shape index (κ2) is 5.89. The molecule has 0 spiro atoms. The molecule has 1 rings (SSSR count). The molecular weight excluding hydrogens is 289 g/mol. The quantitative estimate of drug-likeness (QED) is 0.859. The standard InChI is InChI=1S/C12H17BrClNO/c1-3-12(16,4-2)8-15-9-5-6-10(13)11(14)7-9/h5-7,15-16H,3-4,8H2,1-2H3. The minimum atomic E-state index is -0.639. The number of hydrogen-bond acceptors (Lipinski definition) is 2. The van der Waals surface area contributed by atoms with Crippen LogP contribution in [0.5, 0.6) is 0 Å². The Kier molecular flexibility index (Phi) is 5.09. The molecule has 0 aromatic heterocycles. The Morgan fingerprint density at radius 3 is 2.50 bits per heavy atom. The van der Waals surface area contributed by atoms with Crippen LogP contribution in [-0.2, 0) is 0 Å².